The van der Waals surface area contributed by atoms with Gasteiger partial charge in [-0.3, -0.25) is 0 Å². The first-order valence-electron chi connectivity index (χ1n) is 5.37. The molecule has 0 amide bonds. The molecule has 0 saturated heterocycles. The van der Waals surface area contributed by atoms with E-state index in [0.29, 0.717) is 5.75 Å². The van der Waals surface area contributed by atoms with E-state index in [1.54, 1.807) is 0 Å². The SMILES string of the molecule is Cc1cccc(Nc2nnc(SCC#N)s2)c1C. The van der Waals surface area contributed by atoms with E-state index in [0.717, 1.165) is 15.2 Å². The Morgan fingerprint density at radius 1 is 1.39 bits per heavy atom. The molecule has 0 aliphatic heterocycles. The molecule has 6 heteroatoms. The minimum Gasteiger partial charge on any atom is -0.330 e. The first kappa shape index (κ1) is 12.9. The molecule has 0 bridgehead atoms. The highest BCUT2D eigenvalue weighted by molar-refractivity contribution is 8.01. The number of hydrogen-bond donors (Lipinski definition) is 1. The number of rotatable bonds is 4. The largest absolute Gasteiger partial charge is 0.330 e. The minimum absolute atomic E-state index is 0.401. The average molecular weight is 276 g/mol. The lowest BCUT2D eigenvalue weighted by Crippen LogP contribution is -1.94. The first-order chi connectivity index (χ1) is 8.70. The summed E-state index contributed by atoms with van der Waals surface area (Å²) < 4.78 is 0.810. The summed E-state index contributed by atoms with van der Waals surface area (Å²) in [5.41, 5.74) is 3.49. The van der Waals surface area contributed by atoms with E-state index in [1.807, 2.05) is 12.1 Å². The van der Waals surface area contributed by atoms with Crippen molar-refractivity contribution in [2.45, 2.75) is 18.2 Å². The number of benzene rings is 1. The van der Waals surface area contributed by atoms with Gasteiger partial charge in [0.25, 0.3) is 0 Å². The zero-order chi connectivity index (χ0) is 13.0. The molecule has 0 atom stereocenters. The number of thioether (sulfide) groups is 1. The maximum atomic E-state index is 8.51. The molecular weight excluding hydrogens is 264 g/mol. The minimum atomic E-state index is 0.401. The lowest BCUT2D eigenvalue weighted by molar-refractivity contribution is 1.01. The third kappa shape index (κ3) is 3.00. The smallest absolute Gasteiger partial charge is 0.210 e. The van der Waals surface area contributed by atoms with Crippen molar-refractivity contribution in [1.82, 2.24) is 10.2 Å². The Morgan fingerprint density at radius 3 is 3.00 bits per heavy atom. The van der Waals surface area contributed by atoms with Gasteiger partial charge in [0.1, 0.15) is 0 Å². The highest BCUT2D eigenvalue weighted by atomic mass is 32.2. The summed E-state index contributed by atoms with van der Waals surface area (Å²) in [5, 5.41) is 20.6. The average Bonchev–Trinajstić information content (AvgIpc) is 2.80. The van der Waals surface area contributed by atoms with Gasteiger partial charge in [-0.15, -0.1) is 10.2 Å². The molecule has 0 unspecified atom stereocenters. The van der Waals surface area contributed by atoms with Gasteiger partial charge in [-0.2, -0.15) is 5.26 Å². The van der Waals surface area contributed by atoms with Crippen LogP contribution < -0.4 is 5.32 Å². The molecule has 4 nitrogen and oxygen atoms in total. The van der Waals surface area contributed by atoms with Crippen LogP contribution in [0.1, 0.15) is 11.1 Å². The molecule has 1 heterocycles. The van der Waals surface area contributed by atoms with Gasteiger partial charge in [0.05, 0.1) is 11.8 Å². The molecule has 2 rings (SSSR count). The topological polar surface area (TPSA) is 61.6 Å². The summed E-state index contributed by atoms with van der Waals surface area (Å²) in [6.07, 6.45) is 0. The normalized spacial score (nSPS) is 10.1. The van der Waals surface area contributed by atoms with Crippen molar-refractivity contribution in [3.05, 3.63) is 29.3 Å². The Hall–Kier alpha value is -1.58. The van der Waals surface area contributed by atoms with Gasteiger partial charge in [0.15, 0.2) is 4.34 Å². The Labute approximate surface area is 114 Å². The standard InChI is InChI=1S/C12H12N4S2/c1-8-4-3-5-10(9(8)2)14-11-15-16-12(18-11)17-7-6-13/h3-5H,7H2,1-2H3,(H,14,15). The number of nitriles is 1. The zero-order valence-corrected chi connectivity index (χ0v) is 11.7. The van der Waals surface area contributed by atoms with E-state index < -0.39 is 0 Å². The quantitative estimate of drug-likeness (QED) is 0.866. The van der Waals surface area contributed by atoms with Crippen LogP contribution >= 0.6 is 23.1 Å². The van der Waals surface area contributed by atoms with Crippen molar-refractivity contribution in [2.24, 2.45) is 0 Å². The van der Waals surface area contributed by atoms with Crippen molar-refractivity contribution in [3.63, 3.8) is 0 Å². The van der Waals surface area contributed by atoms with Gasteiger partial charge in [-0.05, 0) is 31.0 Å². The van der Waals surface area contributed by atoms with Gasteiger partial charge in [-0.1, -0.05) is 35.2 Å². The molecular formula is C12H12N4S2. The molecule has 2 aromatic rings. The summed E-state index contributed by atoms with van der Waals surface area (Å²) in [6, 6.07) is 8.18. The second kappa shape index (κ2) is 5.85. The fourth-order valence-corrected chi connectivity index (χ4v) is 2.84. The van der Waals surface area contributed by atoms with Gasteiger partial charge in [-0.25, -0.2) is 0 Å². The first-order valence-corrected chi connectivity index (χ1v) is 7.17. The fraction of sp³-hybridized carbons (Fsp3) is 0.250. The summed E-state index contributed by atoms with van der Waals surface area (Å²) in [4.78, 5) is 0. The maximum absolute atomic E-state index is 8.51. The third-order valence-electron chi connectivity index (χ3n) is 2.51. The molecule has 1 aromatic carbocycles. The van der Waals surface area contributed by atoms with Crippen LogP contribution in [-0.2, 0) is 0 Å². The van der Waals surface area contributed by atoms with Crippen molar-refractivity contribution in [2.75, 3.05) is 11.1 Å². The van der Waals surface area contributed by atoms with Crippen LogP contribution in [-0.4, -0.2) is 16.0 Å². The Kier molecular flexibility index (Phi) is 4.18. The molecule has 1 aromatic heterocycles. The van der Waals surface area contributed by atoms with Crippen LogP contribution in [0.25, 0.3) is 0 Å². The van der Waals surface area contributed by atoms with E-state index in [9.17, 15) is 0 Å². The number of aromatic nitrogens is 2. The summed E-state index contributed by atoms with van der Waals surface area (Å²) in [6.45, 7) is 4.15. The van der Waals surface area contributed by atoms with Crippen LogP contribution in [0.15, 0.2) is 22.5 Å². The number of nitrogens with one attached hydrogen (secondary N) is 1. The molecule has 0 spiro atoms. The number of nitrogens with zero attached hydrogens (tertiary/aromatic N) is 3. The van der Waals surface area contributed by atoms with Crippen LogP contribution in [0.5, 0.6) is 0 Å². The molecule has 1 N–H and O–H groups in total. The summed E-state index contributed by atoms with van der Waals surface area (Å²) >= 11 is 2.86. The lowest BCUT2D eigenvalue weighted by atomic mass is 10.1. The summed E-state index contributed by atoms with van der Waals surface area (Å²) in [7, 11) is 0. The van der Waals surface area contributed by atoms with Crippen LogP contribution in [0.4, 0.5) is 10.8 Å². The lowest BCUT2D eigenvalue weighted by Gasteiger charge is -2.08. The van der Waals surface area contributed by atoms with Crippen LogP contribution in [0.3, 0.4) is 0 Å². The van der Waals surface area contributed by atoms with E-state index >= 15 is 0 Å². The van der Waals surface area contributed by atoms with E-state index in [4.69, 9.17) is 5.26 Å². The zero-order valence-electron chi connectivity index (χ0n) is 10.1. The molecule has 18 heavy (non-hydrogen) atoms. The number of hydrogen-bond acceptors (Lipinski definition) is 6. The van der Waals surface area contributed by atoms with Gasteiger partial charge >= 0.3 is 0 Å². The predicted molar refractivity (Wildman–Crippen MR) is 75.4 cm³/mol. The predicted octanol–water partition coefficient (Wildman–Crippen LogP) is 3.51. The number of anilines is 2. The maximum Gasteiger partial charge on any atom is 0.210 e. The molecule has 92 valence electrons. The number of aryl methyl sites for hydroxylation is 1. The van der Waals surface area contributed by atoms with E-state index in [2.05, 4.69) is 41.5 Å². The van der Waals surface area contributed by atoms with Crippen molar-refractivity contribution < 1.29 is 0 Å². The summed E-state index contributed by atoms with van der Waals surface area (Å²) in [5.74, 6) is 0.401. The molecule has 0 saturated carbocycles. The van der Waals surface area contributed by atoms with Crippen molar-refractivity contribution in [1.29, 1.82) is 5.26 Å². The Balaban J connectivity index is 2.12. The Morgan fingerprint density at radius 2 is 2.22 bits per heavy atom. The molecule has 0 radical (unpaired) electrons. The fourth-order valence-electron chi connectivity index (χ4n) is 1.41. The highest BCUT2D eigenvalue weighted by Gasteiger charge is 2.06. The molecule has 0 aliphatic rings. The second-order valence-corrected chi connectivity index (χ2v) is 5.89. The third-order valence-corrected chi connectivity index (χ3v) is 4.35. The van der Waals surface area contributed by atoms with E-state index in [-0.39, 0.29) is 0 Å². The van der Waals surface area contributed by atoms with Crippen molar-refractivity contribution >= 4 is 33.9 Å². The molecule has 0 aliphatic carbocycles. The van der Waals surface area contributed by atoms with Crippen molar-refractivity contribution in [3.8, 4) is 6.07 Å². The highest BCUT2D eigenvalue weighted by Crippen LogP contribution is 2.29. The second-order valence-electron chi connectivity index (χ2n) is 3.69. The van der Waals surface area contributed by atoms with E-state index in [1.165, 1.54) is 34.2 Å². The Bertz CT molecular complexity index is 586. The van der Waals surface area contributed by atoms with Gasteiger partial charge in [0, 0.05) is 5.69 Å². The van der Waals surface area contributed by atoms with Crippen LogP contribution in [0.2, 0.25) is 0 Å². The van der Waals surface area contributed by atoms with Gasteiger partial charge < -0.3 is 5.32 Å². The van der Waals surface area contributed by atoms with Gasteiger partial charge in [0.2, 0.25) is 5.13 Å². The monoisotopic (exact) mass is 276 g/mol. The van der Waals surface area contributed by atoms with Crippen LogP contribution in [0, 0.1) is 25.2 Å². The molecule has 0 fully saturated rings.